The second-order valence-corrected chi connectivity index (χ2v) is 10.3. The van der Waals surface area contributed by atoms with E-state index in [1.165, 1.54) is 17.0 Å². The lowest BCUT2D eigenvalue weighted by Crippen LogP contribution is -2.51. The Hall–Kier alpha value is -3.06. The summed E-state index contributed by atoms with van der Waals surface area (Å²) in [7, 11) is -3.96. The van der Waals surface area contributed by atoms with E-state index in [1.54, 1.807) is 6.92 Å². The number of carbonyl (C=O) groups is 3. The second-order valence-electron chi connectivity index (χ2n) is 8.51. The predicted octanol–water partition coefficient (Wildman–Crippen LogP) is -0.328. The van der Waals surface area contributed by atoms with Crippen molar-refractivity contribution < 1.29 is 27.2 Å². The third kappa shape index (κ3) is 9.61. The molecule has 0 bridgehead atoms. The van der Waals surface area contributed by atoms with Crippen molar-refractivity contribution >= 4 is 34.1 Å². The van der Waals surface area contributed by atoms with Crippen molar-refractivity contribution in [1.29, 1.82) is 0 Å². The van der Waals surface area contributed by atoms with E-state index in [9.17, 15) is 27.2 Å². The number of nitrogens with two attached hydrogens (primary N) is 2. The van der Waals surface area contributed by atoms with E-state index in [1.807, 2.05) is 0 Å². The number of halogens is 1. The van der Waals surface area contributed by atoms with Gasteiger partial charge in [-0.2, -0.15) is 0 Å². The average molecular weight is 513 g/mol. The first-order valence-corrected chi connectivity index (χ1v) is 13.0. The maximum Gasteiger partial charge on any atom is 0.241 e. The first-order valence-electron chi connectivity index (χ1n) is 11.3. The molecule has 194 valence electrons. The van der Waals surface area contributed by atoms with Crippen LogP contribution in [0.25, 0.3) is 0 Å². The van der Waals surface area contributed by atoms with E-state index < -0.39 is 45.5 Å². The standard InChI is InChI=1S/C22H33FN6O5S/c1-15-7-8-17(23)11-16(15)14-35(33,34)28-19-6-2-3-10-29(21(19)32)12-20(31)27-18(13-30)5-4-9-26-22(24)25/h7-8,11,13,18-19,28H,2-6,9-10,12,14H2,1H3,(H,27,31)(H4,24,25,26)/t18-,19-/m0/s1. The number of hydrogen-bond donors (Lipinski definition) is 4. The molecular weight excluding hydrogens is 479 g/mol. The maximum atomic E-state index is 13.6. The average Bonchev–Trinajstić information content (AvgIpc) is 2.94. The highest BCUT2D eigenvalue weighted by Crippen LogP contribution is 2.17. The Balaban J connectivity index is 1.97. The summed E-state index contributed by atoms with van der Waals surface area (Å²) in [5, 5.41) is 2.56. The summed E-state index contributed by atoms with van der Waals surface area (Å²) in [6.07, 6.45) is 2.84. The molecule has 35 heavy (non-hydrogen) atoms. The molecule has 2 rings (SSSR count). The van der Waals surface area contributed by atoms with Gasteiger partial charge in [0.15, 0.2) is 5.96 Å². The van der Waals surface area contributed by atoms with Gasteiger partial charge in [-0.1, -0.05) is 6.07 Å². The number of aldehydes is 1. The van der Waals surface area contributed by atoms with Crippen molar-refractivity contribution in [2.45, 2.75) is 56.9 Å². The van der Waals surface area contributed by atoms with E-state index in [0.29, 0.717) is 49.6 Å². The third-order valence-corrected chi connectivity index (χ3v) is 6.91. The van der Waals surface area contributed by atoms with Gasteiger partial charge in [0.25, 0.3) is 0 Å². The predicted molar refractivity (Wildman–Crippen MR) is 129 cm³/mol. The van der Waals surface area contributed by atoms with Gasteiger partial charge in [-0.15, -0.1) is 0 Å². The molecule has 2 amide bonds. The molecule has 0 saturated carbocycles. The van der Waals surface area contributed by atoms with Gasteiger partial charge in [-0.3, -0.25) is 14.6 Å². The van der Waals surface area contributed by atoms with Gasteiger partial charge in [0.05, 0.1) is 18.3 Å². The van der Waals surface area contributed by atoms with Gasteiger partial charge in [0.1, 0.15) is 18.1 Å². The van der Waals surface area contributed by atoms with Crippen LogP contribution in [0.3, 0.4) is 0 Å². The Kier molecular flexibility index (Phi) is 10.6. The Bertz CT molecular complexity index is 1040. The number of rotatable bonds is 12. The van der Waals surface area contributed by atoms with Crippen molar-refractivity contribution in [2.24, 2.45) is 16.5 Å². The topological polar surface area (TPSA) is 177 Å². The monoisotopic (exact) mass is 512 g/mol. The van der Waals surface area contributed by atoms with E-state index in [0.717, 1.165) is 6.07 Å². The van der Waals surface area contributed by atoms with Gasteiger partial charge in [0.2, 0.25) is 21.8 Å². The minimum Gasteiger partial charge on any atom is -0.370 e. The molecule has 0 spiro atoms. The van der Waals surface area contributed by atoms with Crippen LogP contribution in [0.15, 0.2) is 23.2 Å². The summed E-state index contributed by atoms with van der Waals surface area (Å²) in [6, 6.07) is 2.09. The smallest absolute Gasteiger partial charge is 0.241 e. The molecule has 11 nitrogen and oxygen atoms in total. The number of likely N-dealkylation sites (tertiary alicyclic amines) is 1. The molecule has 1 aliphatic heterocycles. The van der Waals surface area contributed by atoms with Crippen molar-refractivity contribution in [3.8, 4) is 0 Å². The number of carbonyl (C=O) groups excluding carboxylic acids is 3. The minimum atomic E-state index is -3.96. The third-order valence-electron chi connectivity index (χ3n) is 5.57. The fourth-order valence-electron chi connectivity index (χ4n) is 3.75. The normalized spacial score (nSPS) is 17.4. The number of nitrogens with zero attached hydrogens (tertiary/aromatic N) is 2. The van der Waals surface area contributed by atoms with Gasteiger partial charge in [-0.05, 0) is 62.3 Å². The zero-order valence-electron chi connectivity index (χ0n) is 19.7. The summed E-state index contributed by atoms with van der Waals surface area (Å²) < 4.78 is 41.4. The zero-order valence-corrected chi connectivity index (χ0v) is 20.5. The maximum absolute atomic E-state index is 13.6. The van der Waals surface area contributed by atoms with E-state index >= 15 is 0 Å². The zero-order chi connectivity index (χ0) is 26.0. The lowest BCUT2D eigenvalue weighted by Gasteiger charge is -2.25. The van der Waals surface area contributed by atoms with Gasteiger partial charge in [-0.25, -0.2) is 17.5 Å². The summed E-state index contributed by atoms with van der Waals surface area (Å²) in [4.78, 5) is 41.9. The van der Waals surface area contributed by atoms with Crippen molar-refractivity contribution in [1.82, 2.24) is 14.9 Å². The van der Waals surface area contributed by atoms with Crippen LogP contribution in [0, 0.1) is 12.7 Å². The van der Waals surface area contributed by atoms with Gasteiger partial charge in [0, 0.05) is 13.1 Å². The molecule has 1 aromatic carbocycles. The van der Waals surface area contributed by atoms with E-state index in [4.69, 9.17) is 11.5 Å². The molecule has 1 fully saturated rings. The minimum absolute atomic E-state index is 0.0624. The summed E-state index contributed by atoms with van der Waals surface area (Å²) in [5.74, 6) is -2.13. The number of aryl methyl sites for hydroxylation is 1. The first-order chi connectivity index (χ1) is 16.5. The van der Waals surface area contributed by atoms with Crippen molar-refractivity contribution in [3.63, 3.8) is 0 Å². The van der Waals surface area contributed by atoms with Crippen LogP contribution in [0.2, 0.25) is 0 Å². The number of aliphatic imine (C=N–C) groups is 1. The van der Waals surface area contributed by atoms with Crippen molar-refractivity contribution in [3.05, 3.63) is 35.1 Å². The fourth-order valence-corrected chi connectivity index (χ4v) is 5.21. The molecule has 1 heterocycles. The Morgan fingerprint density at radius 1 is 1.34 bits per heavy atom. The molecular formula is C22H33FN6O5S. The Labute approximate surface area is 204 Å². The highest BCUT2D eigenvalue weighted by Gasteiger charge is 2.31. The van der Waals surface area contributed by atoms with Crippen LogP contribution in [-0.4, -0.2) is 69.1 Å². The number of sulfonamides is 1. The van der Waals surface area contributed by atoms with E-state index in [-0.39, 0.29) is 25.5 Å². The molecule has 0 aromatic heterocycles. The van der Waals surface area contributed by atoms with Crippen LogP contribution in [0.1, 0.15) is 43.2 Å². The number of nitrogens with one attached hydrogen (secondary N) is 2. The molecule has 2 atom stereocenters. The fraction of sp³-hybridized carbons (Fsp3) is 0.545. The number of guanidine groups is 1. The van der Waals surface area contributed by atoms with Crippen molar-refractivity contribution in [2.75, 3.05) is 19.6 Å². The number of amides is 2. The summed E-state index contributed by atoms with van der Waals surface area (Å²) in [5.41, 5.74) is 11.4. The molecule has 1 aromatic rings. The molecule has 0 unspecified atom stereocenters. The van der Waals surface area contributed by atoms with Crippen LogP contribution < -0.4 is 21.5 Å². The highest BCUT2D eigenvalue weighted by atomic mass is 32.2. The summed E-state index contributed by atoms with van der Waals surface area (Å²) in [6.45, 7) is 1.96. The van der Waals surface area contributed by atoms with Gasteiger partial charge >= 0.3 is 0 Å². The van der Waals surface area contributed by atoms with Crippen LogP contribution in [-0.2, 0) is 30.2 Å². The molecule has 13 heteroatoms. The number of hydrogen-bond acceptors (Lipinski definition) is 6. The largest absolute Gasteiger partial charge is 0.370 e. The summed E-state index contributed by atoms with van der Waals surface area (Å²) >= 11 is 0. The van der Waals surface area contributed by atoms with Crippen LogP contribution in [0.4, 0.5) is 4.39 Å². The molecule has 1 aliphatic rings. The molecule has 6 N–H and O–H groups in total. The lowest BCUT2D eigenvalue weighted by molar-refractivity contribution is -0.137. The van der Waals surface area contributed by atoms with Gasteiger partial charge < -0.3 is 26.5 Å². The Morgan fingerprint density at radius 3 is 2.77 bits per heavy atom. The first kappa shape index (κ1) is 28.2. The van der Waals surface area contributed by atoms with Crippen LogP contribution in [0.5, 0.6) is 0 Å². The lowest BCUT2D eigenvalue weighted by atomic mass is 10.1. The second kappa shape index (κ2) is 13.1. The van der Waals surface area contributed by atoms with E-state index in [2.05, 4.69) is 15.0 Å². The quantitative estimate of drug-likeness (QED) is 0.128. The molecule has 0 radical (unpaired) electrons. The Morgan fingerprint density at radius 2 is 2.09 bits per heavy atom. The SMILES string of the molecule is Cc1ccc(F)cc1CS(=O)(=O)N[C@H]1CCCCN(CC(=O)N[C@H](C=O)CCCN=C(N)N)C1=O. The van der Waals surface area contributed by atoms with Crippen LogP contribution >= 0.6 is 0 Å². The number of benzene rings is 1. The molecule has 0 aliphatic carbocycles. The molecule has 1 saturated heterocycles. The highest BCUT2D eigenvalue weighted by molar-refractivity contribution is 7.88.